The molecule has 0 saturated heterocycles. The second kappa shape index (κ2) is 9.76. The second-order valence-corrected chi connectivity index (χ2v) is 10.0. The molecule has 7 nitrogen and oxygen atoms in total. The summed E-state index contributed by atoms with van der Waals surface area (Å²) in [6, 6.07) is 12.3. The number of allylic oxidation sites excluding steroid dienone is 1. The number of pyridine rings is 2. The summed E-state index contributed by atoms with van der Waals surface area (Å²) >= 11 is 0. The molecule has 0 fully saturated rings. The molecule has 3 aromatic heterocycles. The van der Waals surface area contributed by atoms with Crippen LogP contribution in [0.5, 0.6) is 0 Å². The minimum Gasteiger partial charge on any atom is -0.278 e. The van der Waals surface area contributed by atoms with E-state index in [-0.39, 0.29) is 4.90 Å². The van der Waals surface area contributed by atoms with Crippen LogP contribution in [0, 0.1) is 13.8 Å². The van der Waals surface area contributed by atoms with E-state index in [1.807, 2.05) is 32.9 Å². The summed E-state index contributed by atoms with van der Waals surface area (Å²) in [7, 11) is -3.82. The zero-order chi connectivity index (χ0) is 25.2. The number of sulfonamides is 1. The van der Waals surface area contributed by atoms with Gasteiger partial charge in [0.2, 0.25) is 0 Å². The van der Waals surface area contributed by atoms with E-state index in [1.165, 1.54) is 0 Å². The van der Waals surface area contributed by atoms with Gasteiger partial charge >= 0.3 is 0 Å². The summed E-state index contributed by atoms with van der Waals surface area (Å²) in [5.74, 6) is 0. The van der Waals surface area contributed by atoms with E-state index in [9.17, 15) is 8.42 Å². The lowest BCUT2D eigenvalue weighted by Crippen LogP contribution is -2.14. The Labute approximate surface area is 206 Å². The maximum atomic E-state index is 13.1. The summed E-state index contributed by atoms with van der Waals surface area (Å²) in [6.45, 7) is 11.5. The lowest BCUT2D eigenvalue weighted by molar-refractivity contribution is 0.601. The minimum absolute atomic E-state index is 0.164. The van der Waals surface area contributed by atoms with E-state index in [0.29, 0.717) is 17.8 Å². The number of hydrogen-bond donors (Lipinski definition) is 1. The fourth-order valence-corrected chi connectivity index (χ4v) is 4.91. The first kappa shape index (κ1) is 24.2. The van der Waals surface area contributed by atoms with Gasteiger partial charge in [-0.1, -0.05) is 31.2 Å². The predicted molar refractivity (Wildman–Crippen MR) is 139 cm³/mol. The molecular weight excluding hydrogens is 458 g/mol. The van der Waals surface area contributed by atoms with Crippen LogP contribution >= 0.6 is 0 Å². The highest BCUT2D eigenvalue weighted by molar-refractivity contribution is 7.92. The molecule has 8 heteroatoms. The molecule has 1 aromatic carbocycles. The number of anilines is 1. The van der Waals surface area contributed by atoms with Gasteiger partial charge in [0, 0.05) is 34.8 Å². The van der Waals surface area contributed by atoms with Crippen LogP contribution in [0.3, 0.4) is 0 Å². The van der Waals surface area contributed by atoms with E-state index >= 15 is 0 Å². The lowest BCUT2D eigenvalue weighted by atomic mass is 9.97. The molecule has 178 valence electrons. The monoisotopic (exact) mass is 485 g/mol. The van der Waals surface area contributed by atoms with Gasteiger partial charge in [-0.15, -0.1) is 0 Å². The van der Waals surface area contributed by atoms with Gasteiger partial charge < -0.3 is 0 Å². The number of aryl methyl sites for hydroxylation is 3. The van der Waals surface area contributed by atoms with Crippen LogP contribution in [0.1, 0.15) is 36.5 Å². The maximum absolute atomic E-state index is 13.1. The van der Waals surface area contributed by atoms with Gasteiger partial charge in [-0.2, -0.15) is 0 Å². The van der Waals surface area contributed by atoms with Crippen LogP contribution in [-0.4, -0.2) is 28.4 Å². The zero-order valence-corrected chi connectivity index (χ0v) is 21.0. The molecule has 4 rings (SSSR count). The van der Waals surface area contributed by atoms with Crippen molar-refractivity contribution in [3.05, 3.63) is 90.4 Å². The molecule has 1 N–H and O–H groups in total. The van der Waals surface area contributed by atoms with Crippen molar-refractivity contribution in [1.29, 1.82) is 0 Å². The van der Waals surface area contributed by atoms with Crippen molar-refractivity contribution in [2.24, 2.45) is 0 Å². The summed E-state index contributed by atoms with van der Waals surface area (Å²) in [5, 5.41) is 0. The van der Waals surface area contributed by atoms with Crippen molar-refractivity contribution in [2.75, 3.05) is 4.72 Å². The highest BCUT2D eigenvalue weighted by Crippen LogP contribution is 2.34. The molecule has 0 aliphatic carbocycles. The van der Waals surface area contributed by atoms with Crippen molar-refractivity contribution >= 4 is 21.3 Å². The Balaban J connectivity index is 1.79. The van der Waals surface area contributed by atoms with Gasteiger partial charge in [-0.25, -0.2) is 18.4 Å². The Morgan fingerprint density at radius 2 is 1.71 bits per heavy atom. The smallest absolute Gasteiger partial charge is 0.261 e. The van der Waals surface area contributed by atoms with Crippen molar-refractivity contribution < 1.29 is 8.42 Å². The summed E-state index contributed by atoms with van der Waals surface area (Å²) in [6.07, 6.45) is 5.70. The normalized spacial score (nSPS) is 11.3. The molecule has 0 atom stereocenters. The number of rotatable bonds is 7. The molecule has 0 unspecified atom stereocenters. The largest absolute Gasteiger partial charge is 0.278 e. The van der Waals surface area contributed by atoms with Crippen LogP contribution in [0.15, 0.2) is 72.7 Å². The third-order valence-corrected chi connectivity index (χ3v) is 7.09. The van der Waals surface area contributed by atoms with Crippen molar-refractivity contribution in [3.63, 3.8) is 0 Å². The standard InChI is InChI=1S/C27H27N5O2S/c1-6-24-26(27(31-16-30-24)21-11-12-28-18(4)13-21)22-14-25(19(5)29-15-22)32-35(33,34)23-9-7-20(8-10-23)17(2)3/h7-16,32H,2,6H2,1,3-5H3. The summed E-state index contributed by atoms with van der Waals surface area (Å²) < 4.78 is 29.0. The predicted octanol–water partition coefficient (Wildman–Crippen LogP) is 5.61. The average molecular weight is 486 g/mol. The number of hydrogen-bond acceptors (Lipinski definition) is 6. The van der Waals surface area contributed by atoms with Crippen LogP contribution < -0.4 is 4.72 Å². The Kier molecular flexibility index (Phi) is 6.75. The number of benzene rings is 1. The maximum Gasteiger partial charge on any atom is 0.261 e. The Morgan fingerprint density at radius 3 is 2.37 bits per heavy atom. The molecule has 0 amide bonds. The molecule has 0 aliphatic rings. The highest BCUT2D eigenvalue weighted by Gasteiger charge is 2.19. The molecular formula is C27H27N5O2S. The summed E-state index contributed by atoms with van der Waals surface area (Å²) in [5.41, 5.74) is 7.64. The quantitative estimate of drug-likeness (QED) is 0.365. The van der Waals surface area contributed by atoms with E-state index in [0.717, 1.165) is 44.9 Å². The van der Waals surface area contributed by atoms with Crippen LogP contribution in [-0.2, 0) is 16.4 Å². The molecule has 0 spiro atoms. The lowest BCUT2D eigenvalue weighted by Gasteiger charge is -2.16. The Bertz CT molecular complexity index is 1510. The first-order valence-corrected chi connectivity index (χ1v) is 12.7. The average Bonchev–Trinajstić information content (AvgIpc) is 2.85. The number of nitrogens with zero attached hydrogens (tertiary/aromatic N) is 4. The van der Waals surface area contributed by atoms with Crippen LogP contribution in [0.25, 0.3) is 28.0 Å². The van der Waals surface area contributed by atoms with Crippen molar-refractivity contribution in [3.8, 4) is 22.4 Å². The summed E-state index contributed by atoms with van der Waals surface area (Å²) in [4.78, 5) is 18.0. The third-order valence-electron chi connectivity index (χ3n) is 5.71. The van der Waals surface area contributed by atoms with Crippen LogP contribution in [0.4, 0.5) is 5.69 Å². The SMILES string of the molecule is C=C(C)c1ccc(S(=O)(=O)Nc2cc(-c3c(CC)ncnc3-c3ccnc(C)c3)cnc2C)cc1. The molecule has 35 heavy (non-hydrogen) atoms. The first-order chi connectivity index (χ1) is 16.7. The zero-order valence-electron chi connectivity index (χ0n) is 20.2. The molecule has 0 aliphatic heterocycles. The first-order valence-electron chi connectivity index (χ1n) is 11.2. The van der Waals surface area contributed by atoms with E-state index in [1.54, 1.807) is 56.0 Å². The molecule has 3 heterocycles. The number of nitrogens with one attached hydrogen (secondary N) is 1. The van der Waals surface area contributed by atoms with E-state index in [2.05, 4.69) is 31.2 Å². The third kappa shape index (κ3) is 5.12. The van der Waals surface area contributed by atoms with Gasteiger partial charge in [-0.3, -0.25) is 14.7 Å². The Morgan fingerprint density at radius 1 is 0.971 bits per heavy atom. The number of aromatic nitrogens is 4. The van der Waals surface area contributed by atoms with Gasteiger partial charge in [-0.05, 0) is 63.1 Å². The molecule has 0 bridgehead atoms. The van der Waals surface area contributed by atoms with Crippen molar-refractivity contribution in [2.45, 2.75) is 39.0 Å². The van der Waals surface area contributed by atoms with Crippen LogP contribution in [0.2, 0.25) is 0 Å². The molecule has 4 aromatic rings. The molecule has 0 radical (unpaired) electrons. The fraction of sp³-hybridized carbons (Fsp3) is 0.185. The second-order valence-electron chi connectivity index (χ2n) is 8.35. The van der Waals surface area contributed by atoms with Gasteiger partial charge in [0.05, 0.1) is 27.7 Å². The highest BCUT2D eigenvalue weighted by atomic mass is 32.2. The van der Waals surface area contributed by atoms with E-state index < -0.39 is 10.0 Å². The van der Waals surface area contributed by atoms with Gasteiger partial charge in [0.15, 0.2) is 0 Å². The van der Waals surface area contributed by atoms with E-state index in [4.69, 9.17) is 0 Å². The fourth-order valence-electron chi connectivity index (χ4n) is 3.80. The topological polar surface area (TPSA) is 97.7 Å². The van der Waals surface area contributed by atoms with Gasteiger partial charge in [0.1, 0.15) is 6.33 Å². The molecule has 0 saturated carbocycles. The van der Waals surface area contributed by atoms with Gasteiger partial charge in [0.25, 0.3) is 10.0 Å². The van der Waals surface area contributed by atoms with Crippen molar-refractivity contribution in [1.82, 2.24) is 19.9 Å². The minimum atomic E-state index is -3.82. The Hall–Kier alpha value is -3.91.